The van der Waals surface area contributed by atoms with Crippen LogP contribution in [0.4, 0.5) is 0 Å². The van der Waals surface area contributed by atoms with E-state index in [0.29, 0.717) is 12.1 Å². The molecule has 0 aromatic heterocycles. The molecule has 2 rings (SSSR count). The fourth-order valence-electron chi connectivity index (χ4n) is 2.08. The largest absolute Gasteiger partial charge is 0.480 e. The number of rotatable bonds is 6. The molecule has 0 aliphatic heterocycles. The third-order valence-corrected chi connectivity index (χ3v) is 3.34. The Hall–Kier alpha value is -2.66. The summed E-state index contributed by atoms with van der Waals surface area (Å²) >= 11 is 0. The Morgan fingerprint density at radius 1 is 1.00 bits per heavy atom. The first-order chi connectivity index (χ1) is 10.6. The number of carboxylic acids is 1. The fraction of sp³-hybridized carbons (Fsp3) is 0.176. The Kier molecular flexibility index (Phi) is 5.27. The molecule has 0 unspecified atom stereocenters. The summed E-state index contributed by atoms with van der Waals surface area (Å²) in [6.07, 6.45) is 0.239. The van der Waals surface area contributed by atoms with E-state index in [1.54, 1.807) is 24.3 Å². The molecule has 0 heterocycles. The molecule has 2 aromatic carbocycles. The maximum absolute atomic E-state index is 12.1. The molecule has 2 aromatic rings. The maximum Gasteiger partial charge on any atom is 0.326 e. The van der Waals surface area contributed by atoms with Crippen molar-refractivity contribution in [1.29, 1.82) is 0 Å². The van der Waals surface area contributed by atoms with Gasteiger partial charge in [-0.2, -0.15) is 0 Å². The van der Waals surface area contributed by atoms with E-state index in [1.165, 1.54) is 0 Å². The predicted octanol–water partition coefficient (Wildman–Crippen LogP) is 1.57. The van der Waals surface area contributed by atoms with E-state index < -0.39 is 17.9 Å². The second-order valence-corrected chi connectivity index (χ2v) is 4.96. The van der Waals surface area contributed by atoms with Gasteiger partial charge in [-0.25, -0.2) is 4.79 Å². The lowest BCUT2D eigenvalue weighted by atomic mass is 10.1. The molecule has 0 saturated heterocycles. The molecule has 0 bridgehead atoms. The van der Waals surface area contributed by atoms with Gasteiger partial charge in [0.25, 0.3) is 5.91 Å². The van der Waals surface area contributed by atoms with Crippen LogP contribution in [0.1, 0.15) is 21.5 Å². The minimum atomic E-state index is -1.06. The van der Waals surface area contributed by atoms with E-state index in [1.807, 2.05) is 30.3 Å². The summed E-state index contributed by atoms with van der Waals surface area (Å²) in [5.41, 5.74) is 7.69. The van der Waals surface area contributed by atoms with Gasteiger partial charge in [0.2, 0.25) is 0 Å². The van der Waals surface area contributed by atoms with Crippen LogP contribution in [0.15, 0.2) is 54.6 Å². The standard InChI is InChI=1S/C17H18N2O3/c18-11-13-6-8-14(9-7-13)16(20)19-15(17(21)22)10-12-4-2-1-3-5-12/h1-9,15H,10-11,18H2,(H,19,20)(H,21,22)/t15-/m0/s1. The molecule has 114 valence electrons. The quantitative estimate of drug-likeness (QED) is 0.755. The van der Waals surface area contributed by atoms with Crippen LogP contribution in [0.3, 0.4) is 0 Å². The van der Waals surface area contributed by atoms with E-state index in [2.05, 4.69) is 5.32 Å². The summed E-state index contributed by atoms with van der Waals surface area (Å²) < 4.78 is 0. The van der Waals surface area contributed by atoms with Crippen LogP contribution in [0.25, 0.3) is 0 Å². The number of nitrogens with two attached hydrogens (primary N) is 1. The Balaban J connectivity index is 2.06. The van der Waals surface area contributed by atoms with Crippen molar-refractivity contribution in [3.63, 3.8) is 0 Å². The smallest absolute Gasteiger partial charge is 0.326 e. The van der Waals surface area contributed by atoms with E-state index in [0.717, 1.165) is 11.1 Å². The molecule has 5 nitrogen and oxygen atoms in total. The number of amides is 1. The van der Waals surface area contributed by atoms with Crippen LogP contribution < -0.4 is 11.1 Å². The lowest BCUT2D eigenvalue weighted by Crippen LogP contribution is -2.42. The highest BCUT2D eigenvalue weighted by atomic mass is 16.4. The molecule has 0 aliphatic rings. The minimum absolute atomic E-state index is 0.239. The molecule has 4 N–H and O–H groups in total. The first-order valence-electron chi connectivity index (χ1n) is 6.96. The molecule has 0 radical (unpaired) electrons. The van der Waals surface area contributed by atoms with Crippen LogP contribution in [-0.2, 0) is 17.8 Å². The number of carbonyl (C=O) groups is 2. The van der Waals surface area contributed by atoms with Gasteiger partial charge in [-0.15, -0.1) is 0 Å². The summed E-state index contributed by atoms with van der Waals surface area (Å²) in [5, 5.41) is 11.8. The van der Waals surface area contributed by atoms with Crippen LogP contribution in [-0.4, -0.2) is 23.0 Å². The van der Waals surface area contributed by atoms with Crippen LogP contribution in [0.5, 0.6) is 0 Å². The number of carboxylic acid groups (broad SMARTS) is 1. The van der Waals surface area contributed by atoms with Crippen LogP contribution in [0, 0.1) is 0 Å². The second-order valence-electron chi connectivity index (χ2n) is 4.96. The summed E-state index contributed by atoms with van der Waals surface area (Å²) in [7, 11) is 0. The van der Waals surface area contributed by atoms with Gasteiger partial charge in [-0.1, -0.05) is 42.5 Å². The van der Waals surface area contributed by atoms with Crippen molar-refractivity contribution in [3.05, 3.63) is 71.3 Å². The first kappa shape index (κ1) is 15.7. The molecule has 0 aliphatic carbocycles. The van der Waals surface area contributed by atoms with E-state index >= 15 is 0 Å². The lowest BCUT2D eigenvalue weighted by molar-refractivity contribution is -0.139. The third-order valence-electron chi connectivity index (χ3n) is 3.34. The Morgan fingerprint density at radius 2 is 1.64 bits per heavy atom. The normalized spacial score (nSPS) is 11.7. The summed E-state index contributed by atoms with van der Waals surface area (Å²) in [6.45, 7) is 0.396. The number of benzene rings is 2. The number of carbonyl (C=O) groups excluding carboxylic acids is 1. The Labute approximate surface area is 128 Å². The number of nitrogens with one attached hydrogen (secondary N) is 1. The highest BCUT2D eigenvalue weighted by Gasteiger charge is 2.21. The number of hydrogen-bond acceptors (Lipinski definition) is 3. The van der Waals surface area contributed by atoms with Crippen molar-refractivity contribution in [1.82, 2.24) is 5.32 Å². The fourth-order valence-corrected chi connectivity index (χ4v) is 2.08. The van der Waals surface area contributed by atoms with E-state index in [-0.39, 0.29) is 6.42 Å². The van der Waals surface area contributed by atoms with Gasteiger partial charge in [0, 0.05) is 18.5 Å². The number of aliphatic carboxylic acids is 1. The summed E-state index contributed by atoms with van der Waals surface area (Å²) in [4.78, 5) is 23.5. The predicted molar refractivity (Wildman–Crippen MR) is 83.4 cm³/mol. The Bertz CT molecular complexity index is 639. The van der Waals surface area contributed by atoms with Crippen molar-refractivity contribution in [3.8, 4) is 0 Å². The van der Waals surface area contributed by atoms with Crippen LogP contribution in [0.2, 0.25) is 0 Å². The van der Waals surface area contributed by atoms with Gasteiger partial charge in [-0.3, -0.25) is 4.79 Å². The average molecular weight is 298 g/mol. The zero-order chi connectivity index (χ0) is 15.9. The van der Waals surface area contributed by atoms with Gasteiger partial charge in [-0.05, 0) is 23.3 Å². The molecule has 1 amide bonds. The summed E-state index contributed by atoms with van der Waals surface area (Å²) in [6, 6.07) is 15.0. The molecular weight excluding hydrogens is 280 g/mol. The minimum Gasteiger partial charge on any atom is -0.480 e. The monoisotopic (exact) mass is 298 g/mol. The zero-order valence-electron chi connectivity index (χ0n) is 12.0. The molecule has 0 fully saturated rings. The van der Waals surface area contributed by atoms with Crippen molar-refractivity contribution >= 4 is 11.9 Å². The molecule has 22 heavy (non-hydrogen) atoms. The summed E-state index contributed by atoms with van der Waals surface area (Å²) in [5.74, 6) is -1.47. The molecule has 1 atom stereocenters. The second kappa shape index (κ2) is 7.38. The topological polar surface area (TPSA) is 92.4 Å². The maximum atomic E-state index is 12.1. The van der Waals surface area contributed by atoms with Crippen molar-refractivity contribution in [2.45, 2.75) is 19.0 Å². The van der Waals surface area contributed by atoms with Gasteiger partial charge in [0.05, 0.1) is 0 Å². The lowest BCUT2D eigenvalue weighted by Gasteiger charge is -2.15. The van der Waals surface area contributed by atoms with E-state index in [9.17, 15) is 14.7 Å². The van der Waals surface area contributed by atoms with E-state index in [4.69, 9.17) is 5.73 Å². The number of hydrogen-bond donors (Lipinski definition) is 3. The highest BCUT2D eigenvalue weighted by Crippen LogP contribution is 2.07. The van der Waals surface area contributed by atoms with Crippen molar-refractivity contribution in [2.24, 2.45) is 5.73 Å². The van der Waals surface area contributed by atoms with Gasteiger partial charge >= 0.3 is 5.97 Å². The Morgan fingerprint density at radius 3 is 2.18 bits per heavy atom. The first-order valence-corrected chi connectivity index (χ1v) is 6.96. The van der Waals surface area contributed by atoms with Gasteiger partial charge in [0.1, 0.15) is 6.04 Å². The van der Waals surface area contributed by atoms with Gasteiger partial charge < -0.3 is 16.2 Å². The SMILES string of the molecule is NCc1ccc(C(=O)N[C@@H](Cc2ccccc2)C(=O)O)cc1. The highest BCUT2D eigenvalue weighted by molar-refractivity contribution is 5.96. The van der Waals surface area contributed by atoms with Crippen LogP contribution >= 0.6 is 0 Å². The van der Waals surface area contributed by atoms with Gasteiger partial charge in [0.15, 0.2) is 0 Å². The third kappa shape index (κ3) is 4.17. The zero-order valence-corrected chi connectivity index (χ0v) is 12.0. The average Bonchev–Trinajstić information content (AvgIpc) is 2.55. The molecular formula is C17H18N2O3. The molecule has 0 saturated carbocycles. The molecule has 0 spiro atoms. The molecule has 5 heteroatoms. The van der Waals surface area contributed by atoms with Crippen molar-refractivity contribution < 1.29 is 14.7 Å². The van der Waals surface area contributed by atoms with Crippen molar-refractivity contribution in [2.75, 3.05) is 0 Å².